The minimum Gasteiger partial charge on any atom is -0.326 e. The number of aryl methyl sites for hydroxylation is 1. The second kappa shape index (κ2) is 8.81. The van der Waals surface area contributed by atoms with E-state index >= 15 is 0 Å². The van der Waals surface area contributed by atoms with E-state index in [0.717, 1.165) is 18.3 Å². The molecule has 6 nitrogen and oxygen atoms in total. The van der Waals surface area contributed by atoms with Crippen LogP contribution in [0.5, 0.6) is 0 Å². The molecule has 1 heterocycles. The molecular weight excluding hydrogens is 428 g/mol. The summed E-state index contributed by atoms with van der Waals surface area (Å²) in [5.74, 6) is -2.53. The largest absolute Gasteiger partial charge is 0.434 e. The van der Waals surface area contributed by atoms with Crippen molar-refractivity contribution in [2.75, 3.05) is 10.6 Å². The average molecular weight is 448 g/mol. The van der Waals surface area contributed by atoms with Crippen LogP contribution in [0.2, 0.25) is 0 Å². The summed E-state index contributed by atoms with van der Waals surface area (Å²) in [5, 5.41) is 8.70. The van der Waals surface area contributed by atoms with E-state index in [1.807, 2.05) is 0 Å². The van der Waals surface area contributed by atoms with Crippen molar-refractivity contribution >= 4 is 23.2 Å². The molecule has 32 heavy (non-hydrogen) atoms. The van der Waals surface area contributed by atoms with Crippen LogP contribution < -0.4 is 10.6 Å². The van der Waals surface area contributed by atoms with Crippen LogP contribution in [0.1, 0.15) is 35.5 Å². The number of rotatable bonds is 5. The summed E-state index contributed by atoms with van der Waals surface area (Å²) in [6, 6.07) is 9.49. The molecular formula is C22H20F4N4O2. The Kier molecular flexibility index (Phi) is 6.33. The van der Waals surface area contributed by atoms with E-state index in [1.54, 1.807) is 32.9 Å². The first kappa shape index (κ1) is 23.0. The predicted octanol–water partition coefficient (Wildman–Crippen LogP) is 5.19. The van der Waals surface area contributed by atoms with Gasteiger partial charge < -0.3 is 10.6 Å². The number of hydrogen-bond acceptors (Lipinski definition) is 3. The van der Waals surface area contributed by atoms with Crippen molar-refractivity contribution in [2.45, 2.75) is 26.9 Å². The highest BCUT2D eigenvalue weighted by Crippen LogP contribution is 2.34. The van der Waals surface area contributed by atoms with Crippen LogP contribution in [0.15, 0.2) is 48.7 Å². The lowest BCUT2D eigenvalue weighted by atomic mass is 10.1. The molecule has 1 aromatic heterocycles. The van der Waals surface area contributed by atoms with Gasteiger partial charge in [0.1, 0.15) is 11.5 Å². The summed E-state index contributed by atoms with van der Waals surface area (Å²) in [6.45, 7) is 5.06. The summed E-state index contributed by atoms with van der Waals surface area (Å²) in [5.41, 5.74) is -1.45. The highest BCUT2D eigenvalue weighted by molar-refractivity contribution is 6.06. The van der Waals surface area contributed by atoms with E-state index in [2.05, 4.69) is 15.7 Å². The van der Waals surface area contributed by atoms with Gasteiger partial charge in [-0.2, -0.15) is 18.3 Å². The number of halogens is 4. The normalized spacial score (nSPS) is 11.5. The Labute approximate surface area is 181 Å². The van der Waals surface area contributed by atoms with Crippen molar-refractivity contribution < 1.29 is 27.2 Å². The van der Waals surface area contributed by atoms with Crippen LogP contribution >= 0.6 is 0 Å². The number of nitrogens with one attached hydrogen (secondary N) is 2. The van der Waals surface area contributed by atoms with Gasteiger partial charge in [0.2, 0.25) is 5.91 Å². The molecule has 0 radical (unpaired) electrons. The summed E-state index contributed by atoms with van der Waals surface area (Å²) >= 11 is 0. The Morgan fingerprint density at radius 1 is 1.06 bits per heavy atom. The number of carbonyl (C=O) groups is 2. The summed E-state index contributed by atoms with van der Waals surface area (Å²) in [7, 11) is 0. The SMILES string of the molecule is Cc1ccc(NC(=O)C(C)C)cc1NC(=O)c1cnn(-c2ccccc2F)c1C(F)(F)F. The molecule has 0 atom stereocenters. The Balaban J connectivity index is 1.97. The Bertz CT molecular complexity index is 1170. The quantitative estimate of drug-likeness (QED) is 0.528. The van der Waals surface area contributed by atoms with E-state index in [0.29, 0.717) is 15.9 Å². The molecule has 0 unspecified atom stereocenters. The van der Waals surface area contributed by atoms with Gasteiger partial charge in [0.05, 0.1) is 11.8 Å². The number of anilines is 2. The van der Waals surface area contributed by atoms with Gasteiger partial charge in [-0.25, -0.2) is 9.07 Å². The van der Waals surface area contributed by atoms with Crippen LogP contribution in [-0.2, 0) is 11.0 Å². The number of alkyl halides is 3. The number of para-hydroxylation sites is 1. The second-order valence-electron chi connectivity index (χ2n) is 7.40. The van der Waals surface area contributed by atoms with Crippen LogP contribution in [0.4, 0.5) is 28.9 Å². The Hall–Kier alpha value is -3.69. The van der Waals surface area contributed by atoms with Gasteiger partial charge in [-0.15, -0.1) is 0 Å². The summed E-state index contributed by atoms with van der Waals surface area (Å²) in [4.78, 5) is 24.7. The number of aromatic nitrogens is 2. The Morgan fingerprint density at radius 3 is 2.38 bits per heavy atom. The van der Waals surface area contributed by atoms with Crippen molar-refractivity contribution in [3.8, 4) is 5.69 Å². The third kappa shape index (κ3) is 4.79. The van der Waals surface area contributed by atoms with Crippen molar-refractivity contribution in [1.82, 2.24) is 9.78 Å². The minimum atomic E-state index is -4.98. The van der Waals surface area contributed by atoms with Crippen LogP contribution in [-0.4, -0.2) is 21.6 Å². The van der Waals surface area contributed by atoms with Gasteiger partial charge >= 0.3 is 6.18 Å². The van der Waals surface area contributed by atoms with Gasteiger partial charge in [-0.3, -0.25) is 9.59 Å². The third-order valence-electron chi connectivity index (χ3n) is 4.64. The monoisotopic (exact) mass is 448 g/mol. The highest BCUT2D eigenvalue weighted by atomic mass is 19.4. The third-order valence-corrected chi connectivity index (χ3v) is 4.64. The lowest BCUT2D eigenvalue weighted by molar-refractivity contribution is -0.143. The second-order valence-corrected chi connectivity index (χ2v) is 7.40. The molecule has 0 saturated carbocycles. The maximum absolute atomic E-state index is 14.1. The summed E-state index contributed by atoms with van der Waals surface area (Å²) in [6.07, 6.45) is -4.24. The molecule has 0 bridgehead atoms. The molecule has 2 amide bonds. The lowest BCUT2D eigenvalue weighted by Gasteiger charge is -2.15. The van der Waals surface area contributed by atoms with Crippen molar-refractivity contribution in [3.63, 3.8) is 0 Å². The highest BCUT2D eigenvalue weighted by Gasteiger charge is 2.41. The van der Waals surface area contributed by atoms with Crippen LogP contribution in [0, 0.1) is 18.7 Å². The zero-order valence-corrected chi connectivity index (χ0v) is 17.4. The van der Waals surface area contributed by atoms with Gasteiger partial charge in [0, 0.05) is 17.3 Å². The molecule has 10 heteroatoms. The molecule has 0 fully saturated rings. The smallest absolute Gasteiger partial charge is 0.326 e. The first-order chi connectivity index (χ1) is 15.0. The van der Waals surface area contributed by atoms with E-state index in [4.69, 9.17) is 0 Å². The van der Waals surface area contributed by atoms with Gasteiger partial charge in [0.15, 0.2) is 5.69 Å². The number of nitrogens with zero attached hydrogens (tertiary/aromatic N) is 2. The van der Waals surface area contributed by atoms with E-state index < -0.39 is 34.8 Å². The molecule has 0 spiro atoms. The maximum atomic E-state index is 14.1. The number of amides is 2. The van der Waals surface area contributed by atoms with Gasteiger partial charge in [-0.1, -0.05) is 32.0 Å². The molecule has 0 saturated heterocycles. The maximum Gasteiger partial charge on any atom is 0.434 e. The van der Waals surface area contributed by atoms with Gasteiger partial charge in [0.25, 0.3) is 5.91 Å². The number of benzene rings is 2. The first-order valence-electron chi connectivity index (χ1n) is 9.62. The molecule has 168 valence electrons. The standard InChI is InChI=1S/C22H20F4N4O2/c1-12(2)20(31)28-14-9-8-13(3)17(10-14)29-21(32)15-11-27-30(19(15)22(24,25)26)18-7-5-4-6-16(18)23/h4-12H,1-3H3,(H,28,31)(H,29,32). The van der Waals surface area contributed by atoms with Crippen molar-refractivity contribution in [2.24, 2.45) is 5.92 Å². The average Bonchev–Trinajstić information content (AvgIpc) is 3.16. The molecule has 3 rings (SSSR count). The lowest BCUT2D eigenvalue weighted by Crippen LogP contribution is -2.21. The fraction of sp³-hybridized carbons (Fsp3) is 0.227. The first-order valence-corrected chi connectivity index (χ1v) is 9.62. The molecule has 2 aromatic carbocycles. The minimum absolute atomic E-state index is 0.211. The molecule has 3 aromatic rings. The fourth-order valence-corrected chi connectivity index (χ4v) is 2.90. The summed E-state index contributed by atoms with van der Waals surface area (Å²) < 4.78 is 55.9. The molecule has 0 aliphatic heterocycles. The van der Waals surface area contributed by atoms with E-state index in [1.165, 1.54) is 18.2 Å². The number of hydrogen-bond donors (Lipinski definition) is 2. The van der Waals surface area contributed by atoms with Crippen molar-refractivity contribution in [1.29, 1.82) is 0 Å². The Morgan fingerprint density at radius 2 is 1.75 bits per heavy atom. The van der Waals surface area contributed by atoms with E-state index in [9.17, 15) is 27.2 Å². The van der Waals surface area contributed by atoms with Crippen LogP contribution in [0.3, 0.4) is 0 Å². The number of carbonyl (C=O) groups excluding carboxylic acids is 2. The zero-order valence-electron chi connectivity index (χ0n) is 17.4. The van der Waals surface area contributed by atoms with Crippen molar-refractivity contribution in [3.05, 3.63) is 71.3 Å². The van der Waals surface area contributed by atoms with E-state index in [-0.39, 0.29) is 17.5 Å². The van der Waals surface area contributed by atoms with Gasteiger partial charge in [-0.05, 0) is 36.8 Å². The van der Waals surface area contributed by atoms with Crippen LogP contribution in [0.25, 0.3) is 5.69 Å². The zero-order chi connectivity index (χ0) is 23.6. The molecule has 2 N–H and O–H groups in total. The fourth-order valence-electron chi connectivity index (χ4n) is 2.90. The molecule has 0 aliphatic carbocycles. The molecule has 0 aliphatic rings. The topological polar surface area (TPSA) is 76.0 Å². The predicted molar refractivity (Wildman–Crippen MR) is 111 cm³/mol.